The van der Waals surface area contributed by atoms with Crippen LogP contribution in [-0.4, -0.2) is 13.0 Å². The van der Waals surface area contributed by atoms with Crippen molar-refractivity contribution in [2.24, 2.45) is 0 Å². The molecule has 3 nitrogen and oxygen atoms in total. The molecule has 7 heteroatoms. The van der Waals surface area contributed by atoms with Crippen molar-refractivity contribution in [2.75, 3.05) is 12.4 Å². The van der Waals surface area contributed by atoms with Gasteiger partial charge in [-0.05, 0) is 56.1 Å². The first-order valence-electron chi connectivity index (χ1n) is 5.70. The normalized spacial score (nSPS) is 10.4. The summed E-state index contributed by atoms with van der Waals surface area (Å²) in [5.74, 6) is -0.194. The van der Waals surface area contributed by atoms with Crippen molar-refractivity contribution in [1.29, 1.82) is 0 Å². The van der Waals surface area contributed by atoms with Gasteiger partial charge in [0.15, 0.2) is 0 Å². The van der Waals surface area contributed by atoms with Crippen molar-refractivity contribution in [1.82, 2.24) is 5.32 Å². The molecule has 2 aromatic rings. The fraction of sp³-hybridized carbons (Fsp3) is 0.154. The van der Waals surface area contributed by atoms with E-state index < -0.39 is 0 Å². The Labute approximate surface area is 143 Å². The number of nitrogens with one attached hydrogen (secondary N) is 2. The zero-order valence-electron chi connectivity index (χ0n) is 10.5. The molecular formula is C13H11Br2ClN2OS. The van der Waals surface area contributed by atoms with Gasteiger partial charge in [-0.2, -0.15) is 0 Å². The molecule has 0 spiro atoms. The van der Waals surface area contributed by atoms with Crippen molar-refractivity contribution in [3.05, 3.63) is 48.0 Å². The van der Waals surface area contributed by atoms with Crippen LogP contribution in [-0.2, 0) is 6.54 Å². The highest BCUT2D eigenvalue weighted by atomic mass is 79.9. The van der Waals surface area contributed by atoms with Crippen LogP contribution in [0, 0.1) is 0 Å². The van der Waals surface area contributed by atoms with Gasteiger partial charge in [0.25, 0.3) is 5.91 Å². The Kier molecular flexibility index (Phi) is 5.49. The Morgan fingerprint density at radius 2 is 2.10 bits per heavy atom. The third-order valence-corrected chi connectivity index (χ3v) is 6.19. The average Bonchev–Trinajstić information content (AvgIpc) is 2.76. The van der Waals surface area contributed by atoms with Crippen LogP contribution in [0.2, 0.25) is 5.02 Å². The van der Waals surface area contributed by atoms with Crippen LogP contribution < -0.4 is 10.6 Å². The lowest BCUT2D eigenvalue weighted by molar-refractivity contribution is 0.0963. The van der Waals surface area contributed by atoms with E-state index in [1.807, 2.05) is 6.07 Å². The minimum atomic E-state index is -0.194. The van der Waals surface area contributed by atoms with E-state index in [1.54, 1.807) is 30.5 Å². The zero-order chi connectivity index (χ0) is 14.7. The summed E-state index contributed by atoms with van der Waals surface area (Å²) in [5, 5.41) is 6.29. The fourth-order valence-corrected chi connectivity index (χ4v) is 3.93. The standard InChI is InChI=1S/C13H11Br2ClN2OS/c1-17-13(19)9-4-7(2-3-11(9)16)18-6-8-5-10(14)12(15)20-8/h2-5,18H,6H2,1H3,(H,17,19). The molecule has 0 aliphatic heterocycles. The summed E-state index contributed by atoms with van der Waals surface area (Å²) in [6.45, 7) is 0.684. The lowest BCUT2D eigenvalue weighted by Crippen LogP contribution is -2.18. The largest absolute Gasteiger partial charge is 0.380 e. The SMILES string of the molecule is CNC(=O)c1cc(NCc2cc(Br)c(Br)s2)ccc1Cl. The number of amides is 1. The third-order valence-electron chi connectivity index (χ3n) is 2.60. The highest BCUT2D eigenvalue weighted by Crippen LogP contribution is 2.32. The van der Waals surface area contributed by atoms with Crippen LogP contribution in [0.5, 0.6) is 0 Å². The molecule has 2 rings (SSSR count). The molecule has 1 heterocycles. The van der Waals surface area contributed by atoms with Gasteiger partial charge in [-0.3, -0.25) is 4.79 Å². The quantitative estimate of drug-likeness (QED) is 0.713. The van der Waals surface area contributed by atoms with E-state index in [2.05, 4.69) is 48.6 Å². The molecule has 106 valence electrons. The highest BCUT2D eigenvalue weighted by Gasteiger charge is 2.10. The molecule has 0 unspecified atom stereocenters. The monoisotopic (exact) mass is 436 g/mol. The first-order valence-corrected chi connectivity index (χ1v) is 8.48. The smallest absolute Gasteiger partial charge is 0.252 e. The van der Waals surface area contributed by atoms with E-state index in [0.29, 0.717) is 17.1 Å². The van der Waals surface area contributed by atoms with Crippen molar-refractivity contribution >= 4 is 66.4 Å². The van der Waals surface area contributed by atoms with Crippen LogP contribution in [0.25, 0.3) is 0 Å². The number of hydrogen-bond donors (Lipinski definition) is 2. The maximum absolute atomic E-state index is 11.7. The number of carbonyl (C=O) groups is 1. The van der Waals surface area contributed by atoms with Crippen molar-refractivity contribution in [3.8, 4) is 0 Å². The zero-order valence-corrected chi connectivity index (χ0v) is 15.2. The van der Waals surface area contributed by atoms with Gasteiger partial charge in [-0.15, -0.1) is 11.3 Å². The molecular weight excluding hydrogens is 427 g/mol. The summed E-state index contributed by atoms with van der Waals surface area (Å²) in [6, 6.07) is 7.37. The molecule has 1 amide bonds. The van der Waals surface area contributed by atoms with Crippen LogP contribution in [0.1, 0.15) is 15.2 Å². The number of hydrogen-bond acceptors (Lipinski definition) is 3. The summed E-state index contributed by atoms with van der Waals surface area (Å²) in [4.78, 5) is 12.9. The molecule has 0 saturated heterocycles. The van der Waals surface area contributed by atoms with E-state index >= 15 is 0 Å². The second kappa shape index (κ2) is 6.93. The summed E-state index contributed by atoms with van der Waals surface area (Å²) in [6.07, 6.45) is 0. The first kappa shape index (κ1) is 15.8. The average molecular weight is 439 g/mol. The molecule has 0 aliphatic carbocycles. The van der Waals surface area contributed by atoms with Gasteiger partial charge >= 0.3 is 0 Å². The maximum Gasteiger partial charge on any atom is 0.252 e. The second-order valence-electron chi connectivity index (χ2n) is 3.96. The molecule has 0 bridgehead atoms. The predicted octanol–water partition coefficient (Wildman–Crippen LogP) is 4.90. The molecule has 2 N–H and O–H groups in total. The minimum absolute atomic E-state index is 0.194. The van der Waals surface area contributed by atoms with E-state index in [-0.39, 0.29) is 5.91 Å². The Balaban J connectivity index is 2.12. The Morgan fingerprint density at radius 3 is 2.70 bits per heavy atom. The molecule has 0 radical (unpaired) electrons. The molecule has 1 aromatic heterocycles. The number of carbonyl (C=O) groups excluding carboxylic acids is 1. The van der Waals surface area contributed by atoms with Gasteiger partial charge in [-0.25, -0.2) is 0 Å². The number of benzene rings is 1. The van der Waals surface area contributed by atoms with Gasteiger partial charge in [0.05, 0.1) is 14.4 Å². The molecule has 0 aliphatic rings. The summed E-state index contributed by atoms with van der Waals surface area (Å²) in [7, 11) is 1.58. The van der Waals surface area contributed by atoms with Crippen molar-refractivity contribution in [3.63, 3.8) is 0 Å². The van der Waals surface area contributed by atoms with E-state index in [9.17, 15) is 4.79 Å². The Hall–Kier alpha value is -0.560. The van der Waals surface area contributed by atoms with E-state index in [1.165, 1.54) is 4.88 Å². The lowest BCUT2D eigenvalue weighted by atomic mass is 10.2. The molecule has 0 saturated carbocycles. The maximum atomic E-state index is 11.7. The van der Waals surface area contributed by atoms with Gasteiger partial charge in [0.2, 0.25) is 0 Å². The topological polar surface area (TPSA) is 41.1 Å². The Bertz CT molecular complexity index is 626. The van der Waals surface area contributed by atoms with Crippen LogP contribution >= 0.6 is 54.8 Å². The van der Waals surface area contributed by atoms with E-state index in [4.69, 9.17) is 11.6 Å². The number of halogens is 3. The van der Waals surface area contributed by atoms with E-state index in [0.717, 1.165) is 13.9 Å². The molecule has 0 fully saturated rings. The summed E-state index contributed by atoms with van der Waals surface area (Å²) in [5.41, 5.74) is 1.32. The lowest BCUT2D eigenvalue weighted by Gasteiger charge is -2.08. The minimum Gasteiger partial charge on any atom is -0.380 e. The van der Waals surface area contributed by atoms with Gasteiger partial charge in [0, 0.05) is 28.6 Å². The van der Waals surface area contributed by atoms with Crippen LogP contribution in [0.15, 0.2) is 32.5 Å². The Morgan fingerprint density at radius 1 is 1.35 bits per heavy atom. The highest BCUT2D eigenvalue weighted by molar-refractivity contribution is 9.13. The summed E-state index contributed by atoms with van der Waals surface area (Å²) < 4.78 is 2.11. The van der Waals surface area contributed by atoms with Crippen molar-refractivity contribution in [2.45, 2.75) is 6.54 Å². The number of anilines is 1. The molecule has 0 atom stereocenters. The van der Waals surface area contributed by atoms with Gasteiger partial charge in [-0.1, -0.05) is 11.6 Å². The number of rotatable bonds is 4. The molecule has 20 heavy (non-hydrogen) atoms. The van der Waals surface area contributed by atoms with Crippen molar-refractivity contribution < 1.29 is 4.79 Å². The summed E-state index contributed by atoms with van der Waals surface area (Å²) >= 11 is 14.6. The van der Waals surface area contributed by atoms with Gasteiger partial charge in [0.1, 0.15) is 0 Å². The number of thiophene rings is 1. The first-order chi connectivity index (χ1) is 9.51. The fourth-order valence-electron chi connectivity index (χ4n) is 1.61. The second-order valence-corrected chi connectivity index (χ2v) is 7.68. The predicted molar refractivity (Wildman–Crippen MR) is 91.9 cm³/mol. The molecule has 1 aromatic carbocycles. The van der Waals surface area contributed by atoms with Crippen LogP contribution in [0.4, 0.5) is 5.69 Å². The van der Waals surface area contributed by atoms with Gasteiger partial charge < -0.3 is 10.6 Å². The van der Waals surface area contributed by atoms with Crippen LogP contribution in [0.3, 0.4) is 0 Å². The third kappa shape index (κ3) is 3.75.